The second-order valence-electron chi connectivity index (χ2n) is 4.87. The van der Waals surface area contributed by atoms with Gasteiger partial charge in [-0.25, -0.2) is 4.39 Å². The third kappa shape index (κ3) is 3.52. The van der Waals surface area contributed by atoms with Crippen LogP contribution in [0.5, 0.6) is 0 Å². The zero-order valence-electron chi connectivity index (χ0n) is 12.1. The van der Waals surface area contributed by atoms with Gasteiger partial charge < -0.3 is 4.57 Å². The third-order valence-electron chi connectivity index (χ3n) is 3.32. The van der Waals surface area contributed by atoms with Gasteiger partial charge in [0.15, 0.2) is 11.0 Å². The largest absolute Gasteiger partial charge is 0.305 e. The lowest BCUT2D eigenvalue weighted by Crippen LogP contribution is -1.95. The van der Waals surface area contributed by atoms with Crippen molar-refractivity contribution >= 4 is 35.0 Å². The normalized spacial score (nSPS) is 11.0. The van der Waals surface area contributed by atoms with Gasteiger partial charge in [0.25, 0.3) is 0 Å². The van der Waals surface area contributed by atoms with Crippen molar-refractivity contribution in [2.45, 2.75) is 10.9 Å². The molecule has 0 radical (unpaired) electrons. The second-order valence-corrected chi connectivity index (χ2v) is 6.63. The van der Waals surface area contributed by atoms with Gasteiger partial charge in [0.05, 0.1) is 5.02 Å². The number of rotatable bonds is 4. The molecule has 2 aromatic carbocycles. The van der Waals surface area contributed by atoms with Crippen LogP contribution in [0.3, 0.4) is 0 Å². The molecule has 23 heavy (non-hydrogen) atoms. The van der Waals surface area contributed by atoms with Crippen molar-refractivity contribution < 1.29 is 4.39 Å². The highest BCUT2D eigenvalue weighted by molar-refractivity contribution is 7.98. The minimum atomic E-state index is -0.344. The molecule has 0 aliphatic rings. The molecule has 1 aromatic heterocycles. The molecule has 7 heteroatoms. The van der Waals surface area contributed by atoms with E-state index >= 15 is 0 Å². The monoisotopic (exact) mass is 367 g/mol. The first-order chi connectivity index (χ1) is 11.1. The van der Waals surface area contributed by atoms with Gasteiger partial charge in [-0.2, -0.15) is 0 Å². The van der Waals surface area contributed by atoms with E-state index in [1.807, 2.05) is 35.9 Å². The van der Waals surface area contributed by atoms with Gasteiger partial charge in [0.2, 0.25) is 0 Å². The Morgan fingerprint density at radius 1 is 1.09 bits per heavy atom. The van der Waals surface area contributed by atoms with Gasteiger partial charge in [0, 0.05) is 23.4 Å². The van der Waals surface area contributed by atoms with Crippen LogP contribution in [0.1, 0.15) is 5.56 Å². The number of hydrogen-bond donors (Lipinski definition) is 0. The summed E-state index contributed by atoms with van der Waals surface area (Å²) in [6, 6.07) is 11.9. The van der Waals surface area contributed by atoms with Gasteiger partial charge in [-0.05, 0) is 29.8 Å². The lowest BCUT2D eigenvalue weighted by atomic mass is 10.2. The Bertz CT molecular complexity index is 851. The van der Waals surface area contributed by atoms with Crippen molar-refractivity contribution in [3.05, 3.63) is 63.9 Å². The molecule has 0 unspecified atom stereocenters. The van der Waals surface area contributed by atoms with E-state index in [1.165, 1.54) is 23.9 Å². The Balaban J connectivity index is 1.81. The Kier molecular flexibility index (Phi) is 4.90. The number of thioether (sulfide) groups is 1. The fraction of sp³-hybridized carbons (Fsp3) is 0.125. The molecule has 0 bridgehead atoms. The summed E-state index contributed by atoms with van der Waals surface area (Å²) in [5.41, 5.74) is 1.68. The number of hydrogen-bond acceptors (Lipinski definition) is 3. The molecular weight excluding hydrogens is 356 g/mol. The lowest BCUT2D eigenvalue weighted by Gasteiger charge is -2.06. The maximum Gasteiger partial charge on any atom is 0.191 e. The van der Waals surface area contributed by atoms with E-state index in [9.17, 15) is 4.39 Å². The minimum Gasteiger partial charge on any atom is -0.305 e. The predicted molar refractivity (Wildman–Crippen MR) is 92.4 cm³/mol. The lowest BCUT2D eigenvalue weighted by molar-refractivity contribution is 0.627. The van der Waals surface area contributed by atoms with Gasteiger partial charge in [0.1, 0.15) is 5.82 Å². The molecule has 0 atom stereocenters. The first-order valence-electron chi connectivity index (χ1n) is 6.77. The summed E-state index contributed by atoms with van der Waals surface area (Å²) in [6.07, 6.45) is 0. The van der Waals surface area contributed by atoms with E-state index in [0.717, 1.165) is 16.3 Å². The highest BCUT2D eigenvalue weighted by Crippen LogP contribution is 2.30. The Morgan fingerprint density at radius 2 is 1.87 bits per heavy atom. The molecule has 0 fully saturated rings. The predicted octanol–water partition coefficient (Wildman–Crippen LogP) is 5.22. The molecule has 0 saturated carbocycles. The summed E-state index contributed by atoms with van der Waals surface area (Å²) in [7, 11) is 1.88. The van der Waals surface area contributed by atoms with E-state index in [4.69, 9.17) is 23.2 Å². The van der Waals surface area contributed by atoms with E-state index in [0.29, 0.717) is 21.6 Å². The highest BCUT2D eigenvalue weighted by Gasteiger charge is 2.14. The molecule has 0 N–H and O–H groups in total. The van der Waals surface area contributed by atoms with Gasteiger partial charge in [-0.15, -0.1) is 10.2 Å². The maximum absolute atomic E-state index is 13.1. The average molecular weight is 368 g/mol. The second kappa shape index (κ2) is 6.91. The third-order valence-corrected chi connectivity index (χ3v) is 5.07. The highest BCUT2D eigenvalue weighted by atomic mass is 35.5. The van der Waals surface area contributed by atoms with Crippen LogP contribution in [0.4, 0.5) is 4.39 Å². The fourth-order valence-corrected chi connectivity index (χ4v) is 3.55. The fourth-order valence-electron chi connectivity index (χ4n) is 2.10. The van der Waals surface area contributed by atoms with Crippen LogP contribution in [0.25, 0.3) is 11.4 Å². The van der Waals surface area contributed by atoms with Crippen molar-refractivity contribution in [2.24, 2.45) is 7.05 Å². The van der Waals surface area contributed by atoms with Crippen LogP contribution < -0.4 is 0 Å². The van der Waals surface area contributed by atoms with Gasteiger partial charge >= 0.3 is 0 Å². The summed E-state index contributed by atoms with van der Waals surface area (Å²) in [4.78, 5) is 0. The van der Waals surface area contributed by atoms with E-state index in [1.54, 1.807) is 6.07 Å². The zero-order chi connectivity index (χ0) is 16.4. The van der Waals surface area contributed by atoms with Crippen molar-refractivity contribution in [1.82, 2.24) is 14.8 Å². The molecule has 0 saturated heterocycles. The molecule has 3 nitrogen and oxygen atoms in total. The summed E-state index contributed by atoms with van der Waals surface area (Å²) < 4.78 is 15.0. The Labute approximate surface area is 147 Å². The van der Waals surface area contributed by atoms with Crippen LogP contribution in [0.2, 0.25) is 10.0 Å². The topological polar surface area (TPSA) is 30.7 Å². The Hall–Kier alpha value is -1.56. The SMILES string of the molecule is Cn1c(SCc2ccc(F)cc2Cl)nnc1-c1ccccc1Cl. The van der Waals surface area contributed by atoms with Crippen LogP contribution in [0.15, 0.2) is 47.6 Å². The van der Waals surface area contributed by atoms with Crippen LogP contribution in [-0.2, 0) is 12.8 Å². The quantitative estimate of drug-likeness (QED) is 0.592. The summed E-state index contributed by atoms with van der Waals surface area (Å²) in [5.74, 6) is 0.930. The zero-order valence-corrected chi connectivity index (χ0v) is 14.5. The summed E-state index contributed by atoms with van der Waals surface area (Å²) >= 11 is 13.7. The molecular formula is C16H12Cl2FN3S. The van der Waals surface area contributed by atoms with Gasteiger partial charge in [-0.1, -0.05) is 53.2 Å². The van der Waals surface area contributed by atoms with Gasteiger partial charge in [-0.3, -0.25) is 0 Å². The molecule has 118 valence electrons. The number of benzene rings is 2. The molecule has 0 aliphatic heterocycles. The first kappa shape index (κ1) is 16.3. The molecule has 3 aromatic rings. The molecule has 0 aliphatic carbocycles. The van der Waals surface area contributed by atoms with Crippen LogP contribution >= 0.6 is 35.0 Å². The summed E-state index contributed by atoms with van der Waals surface area (Å²) in [6.45, 7) is 0. The maximum atomic E-state index is 13.1. The van der Waals surface area contributed by atoms with Crippen molar-refractivity contribution in [1.29, 1.82) is 0 Å². The number of nitrogens with zero attached hydrogens (tertiary/aromatic N) is 3. The number of halogens is 3. The van der Waals surface area contributed by atoms with E-state index in [2.05, 4.69) is 10.2 Å². The minimum absolute atomic E-state index is 0.344. The van der Waals surface area contributed by atoms with Crippen LogP contribution in [0, 0.1) is 5.82 Å². The van der Waals surface area contributed by atoms with Crippen molar-refractivity contribution in [2.75, 3.05) is 0 Å². The van der Waals surface area contributed by atoms with Crippen molar-refractivity contribution in [3.8, 4) is 11.4 Å². The molecule has 0 amide bonds. The Morgan fingerprint density at radius 3 is 2.61 bits per heavy atom. The average Bonchev–Trinajstić information content (AvgIpc) is 2.88. The standard InChI is InChI=1S/C16H12Cl2FN3S/c1-22-15(12-4-2-3-5-13(12)17)20-21-16(22)23-9-10-6-7-11(19)8-14(10)18/h2-8H,9H2,1H3. The number of aromatic nitrogens is 3. The molecule has 3 rings (SSSR count). The van der Waals surface area contributed by atoms with Crippen LogP contribution in [-0.4, -0.2) is 14.8 Å². The van der Waals surface area contributed by atoms with E-state index < -0.39 is 0 Å². The summed E-state index contributed by atoms with van der Waals surface area (Å²) in [5, 5.41) is 10.2. The van der Waals surface area contributed by atoms with Crippen molar-refractivity contribution in [3.63, 3.8) is 0 Å². The molecule has 1 heterocycles. The first-order valence-corrected chi connectivity index (χ1v) is 8.51. The van der Waals surface area contributed by atoms with E-state index in [-0.39, 0.29) is 5.82 Å². The molecule has 0 spiro atoms. The smallest absolute Gasteiger partial charge is 0.191 e.